The van der Waals surface area contributed by atoms with E-state index in [4.69, 9.17) is 9.47 Å². The lowest BCUT2D eigenvalue weighted by Crippen LogP contribution is -2.54. The molecule has 0 spiro atoms. The standard InChI is InChI=1S/C30H31N3O7/c1-18(2)27(28(34)31-26(29(35)39-3)16-19-12-14-20(15-13-19)33(37)38)32-30(36)40-17-25-23-10-6-4-8-21(23)22-9-5-7-11-24(22)25/h4-15,18,25-27H,16-17H2,1-3H3,(H,31,34)(H,32,36). The van der Waals surface area contributed by atoms with Gasteiger partial charge < -0.3 is 20.1 Å². The van der Waals surface area contributed by atoms with E-state index in [0.29, 0.717) is 5.56 Å². The van der Waals surface area contributed by atoms with Gasteiger partial charge in [-0.2, -0.15) is 0 Å². The summed E-state index contributed by atoms with van der Waals surface area (Å²) < 4.78 is 10.4. The van der Waals surface area contributed by atoms with E-state index in [-0.39, 0.29) is 30.6 Å². The highest BCUT2D eigenvalue weighted by Gasteiger charge is 2.32. The first-order chi connectivity index (χ1) is 19.2. The molecular weight excluding hydrogens is 514 g/mol. The molecule has 10 nitrogen and oxygen atoms in total. The van der Waals surface area contributed by atoms with Crippen molar-refractivity contribution in [3.05, 3.63) is 99.6 Å². The van der Waals surface area contributed by atoms with E-state index >= 15 is 0 Å². The van der Waals surface area contributed by atoms with E-state index in [9.17, 15) is 24.5 Å². The van der Waals surface area contributed by atoms with Gasteiger partial charge in [0.25, 0.3) is 5.69 Å². The summed E-state index contributed by atoms with van der Waals surface area (Å²) in [7, 11) is 1.20. The predicted molar refractivity (Wildman–Crippen MR) is 148 cm³/mol. The number of benzene rings is 3. The molecule has 10 heteroatoms. The normalized spacial score (nSPS) is 13.5. The van der Waals surface area contributed by atoms with Gasteiger partial charge in [0.1, 0.15) is 18.7 Å². The average molecular weight is 546 g/mol. The Balaban J connectivity index is 1.40. The number of rotatable bonds is 10. The van der Waals surface area contributed by atoms with E-state index in [1.807, 2.05) is 48.5 Å². The van der Waals surface area contributed by atoms with Gasteiger partial charge in [-0.05, 0) is 33.7 Å². The third-order valence-electron chi connectivity index (χ3n) is 6.96. The minimum Gasteiger partial charge on any atom is -0.467 e. The van der Waals surface area contributed by atoms with Gasteiger partial charge in [-0.1, -0.05) is 74.5 Å². The zero-order valence-electron chi connectivity index (χ0n) is 22.5. The number of ether oxygens (including phenoxy) is 2. The molecule has 1 aliphatic carbocycles. The number of nitrogens with one attached hydrogen (secondary N) is 2. The Kier molecular flexibility index (Phi) is 8.78. The predicted octanol–water partition coefficient (Wildman–Crippen LogP) is 4.36. The first kappa shape index (κ1) is 28.3. The van der Waals surface area contributed by atoms with Crippen molar-refractivity contribution < 1.29 is 28.8 Å². The van der Waals surface area contributed by atoms with Gasteiger partial charge in [0.05, 0.1) is 12.0 Å². The van der Waals surface area contributed by atoms with Crippen molar-refractivity contribution >= 4 is 23.7 Å². The number of esters is 1. The Bertz CT molecular complexity index is 1360. The van der Waals surface area contributed by atoms with Gasteiger partial charge in [0.2, 0.25) is 5.91 Å². The Morgan fingerprint density at radius 1 is 0.900 bits per heavy atom. The summed E-state index contributed by atoms with van der Waals surface area (Å²) in [5, 5.41) is 16.2. The van der Waals surface area contributed by atoms with E-state index in [1.165, 1.54) is 31.4 Å². The minimum absolute atomic E-state index is 0.0478. The summed E-state index contributed by atoms with van der Waals surface area (Å²) in [4.78, 5) is 48.9. The molecule has 0 bridgehead atoms. The fraction of sp³-hybridized carbons (Fsp3) is 0.300. The summed E-state index contributed by atoms with van der Waals surface area (Å²) in [5.41, 5.74) is 4.85. The average Bonchev–Trinajstić information content (AvgIpc) is 3.27. The number of carbonyl (C=O) groups excluding carboxylic acids is 3. The second-order valence-electron chi connectivity index (χ2n) is 9.90. The van der Waals surface area contributed by atoms with Crippen LogP contribution in [0, 0.1) is 16.0 Å². The van der Waals surface area contributed by atoms with E-state index in [2.05, 4.69) is 10.6 Å². The maximum atomic E-state index is 13.2. The van der Waals surface area contributed by atoms with Gasteiger partial charge in [0.15, 0.2) is 0 Å². The Morgan fingerprint density at radius 2 is 1.48 bits per heavy atom. The number of non-ortho nitro benzene ring substituents is 1. The molecule has 40 heavy (non-hydrogen) atoms. The number of carbonyl (C=O) groups is 3. The lowest BCUT2D eigenvalue weighted by molar-refractivity contribution is -0.384. The quantitative estimate of drug-likeness (QED) is 0.219. The zero-order valence-corrected chi connectivity index (χ0v) is 22.5. The highest BCUT2D eigenvalue weighted by molar-refractivity contribution is 5.90. The molecule has 208 valence electrons. The van der Waals surface area contributed by atoms with Crippen molar-refractivity contribution in [1.82, 2.24) is 10.6 Å². The number of hydrogen-bond donors (Lipinski definition) is 2. The molecule has 0 saturated carbocycles. The molecule has 2 amide bonds. The van der Waals surface area contributed by atoms with Crippen LogP contribution in [0.4, 0.5) is 10.5 Å². The van der Waals surface area contributed by atoms with Crippen molar-refractivity contribution in [2.45, 2.75) is 38.3 Å². The zero-order chi connectivity index (χ0) is 28.8. The van der Waals surface area contributed by atoms with Gasteiger partial charge in [-0.25, -0.2) is 9.59 Å². The topological polar surface area (TPSA) is 137 Å². The molecule has 2 unspecified atom stereocenters. The van der Waals surface area contributed by atoms with Crippen LogP contribution in [0.15, 0.2) is 72.8 Å². The van der Waals surface area contributed by atoms with Crippen molar-refractivity contribution in [3.63, 3.8) is 0 Å². The maximum absolute atomic E-state index is 13.2. The molecule has 4 rings (SSSR count). The van der Waals surface area contributed by atoms with E-state index in [0.717, 1.165) is 22.3 Å². The molecule has 0 heterocycles. The summed E-state index contributed by atoms with van der Waals surface area (Å²) in [6, 6.07) is 19.6. The van der Waals surface area contributed by atoms with Crippen molar-refractivity contribution in [2.75, 3.05) is 13.7 Å². The highest BCUT2D eigenvalue weighted by atomic mass is 16.6. The molecule has 3 aromatic rings. The molecule has 0 aliphatic heterocycles. The Labute approximate surface area is 231 Å². The van der Waals surface area contributed by atoms with Gasteiger partial charge in [0, 0.05) is 24.5 Å². The number of alkyl carbamates (subject to hydrolysis) is 1. The van der Waals surface area contributed by atoms with Crippen LogP contribution in [0.5, 0.6) is 0 Å². The van der Waals surface area contributed by atoms with Gasteiger partial charge in [-0.3, -0.25) is 14.9 Å². The first-order valence-corrected chi connectivity index (χ1v) is 12.9. The van der Waals surface area contributed by atoms with E-state index in [1.54, 1.807) is 13.8 Å². The molecule has 3 aromatic carbocycles. The Morgan fingerprint density at radius 3 is 2.00 bits per heavy atom. The van der Waals surface area contributed by atoms with Crippen LogP contribution in [0.3, 0.4) is 0 Å². The number of hydrogen-bond acceptors (Lipinski definition) is 7. The van der Waals surface area contributed by atoms with Crippen molar-refractivity contribution in [3.8, 4) is 11.1 Å². The lowest BCUT2D eigenvalue weighted by atomic mass is 9.98. The summed E-state index contributed by atoms with van der Waals surface area (Å²) >= 11 is 0. The van der Waals surface area contributed by atoms with Crippen LogP contribution >= 0.6 is 0 Å². The van der Waals surface area contributed by atoms with Crippen molar-refractivity contribution in [1.29, 1.82) is 0 Å². The molecule has 0 saturated heterocycles. The van der Waals surface area contributed by atoms with Crippen LogP contribution in [0.1, 0.15) is 36.5 Å². The minimum atomic E-state index is -1.07. The lowest BCUT2D eigenvalue weighted by Gasteiger charge is -2.25. The van der Waals surface area contributed by atoms with Crippen LogP contribution in [0.25, 0.3) is 11.1 Å². The Hall–Kier alpha value is -4.73. The van der Waals surface area contributed by atoms with Crippen LogP contribution in [-0.2, 0) is 25.5 Å². The number of fused-ring (bicyclic) bond motifs is 3. The number of amides is 2. The van der Waals surface area contributed by atoms with E-state index < -0.39 is 35.0 Å². The third-order valence-corrected chi connectivity index (χ3v) is 6.96. The van der Waals surface area contributed by atoms with Crippen LogP contribution in [0.2, 0.25) is 0 Å². The number of nitro groups is 1. The summed E-state index contributed by atoms with van der Waals surface area (Å²) in [5.74, 6) is -1.72. The molecule has 0 fully saturated rings. The summed E-state index contributed by atoms with van der Waals surface area (Å²) in [6.45, 7) is 3.62. The molecular formula is C30H31N3O7. The maximum Gasteiger partial charge on any atom is 0.407 e. The number of nitro benzene ring substituents is 1. The van der Waals surface area contributed by atoms with Gasteiger partial charge in [-0.15, -0.1) is 0 Å². The molecule has 2 N–H and O–H groups in total. The fourth-order valence-electron chi connectivity index (χ4n) is 4.89. The second kappa shape index (κ2) is 12.4. The van der Waals surface area contributed by atoms with Gasteiger partial charge >= 0.3 is 12.1 Å². The van der Waals surface area contributed by atoms with Crippen molar-refractivity contribution in [2.24, 2.45) is 5.92 Å². The van der Waals surface area contributed by atoms with Crippen LogP contribution < -0.4 is 10.6 Å². The molecule has 2 atom stereocenters. The second-order valence-corrected chi connectivity index (χ2v) is 9.90. The third kappa shape index (κ3) is 6.28. The number of methoxy groups -OCH3 is 1. The largest absolute Gasteiger partial charge is 0.467 e. The molecule has 0 aromatic heterocycles. The molecule has 1 aliphatic rings. The molecule has 0 radical (unpaired) electrons. The monoisotopic (exact) mass is 545 g/mol. The summed E-state index contributed by atoms with van der Waals surface area (Å²) in [6.07, 6.45) is -0.702. The first-order valence-electron chi connectivity index (χ1n) is 12.9. The SMILES string of the molecule is COC(=O)C(Cc1ccc([N+](=O)[O-])cc1)NC(=O)C(NC(=O)OCC1c2ccccc2-c2ccccc21)C(C)C. The fourth-order valence-corrected chi connectivity index (χ4v) is 4.89. The van der Waals surface area contributed by atoms with Crippen LogP contribution in [-0.4, -0.2) is 48.7 Å². The smallest absolute Gasteiger partial charge is 0.407 e. The number of nitrogens with zero attached hydrogens (tertiary/aromatic N) is 1. The highest BCUT2D eigenvalue weighted by Crippen LogP contribution is 2.44.